The Morgan fingerprint density at radius 3 is 2.85 bits per heavy atom. The Morgan fingerprint density at radius 2 is 2.20 bits per heavy atom. The Morgan fingerprint density at radius 1 is 1.40 bits per heavy atom. The number of nitriles is 1. The van der Waals surface area contributed by atoms with Gasteiger partial charge in [0.2, 0.25) is 0 Å². The predicted octanol–water partition coefficient (Wildman–Crippen LogP) is 2.31. The number of aromatic nitrogens is 1. The average Bonchev–Trinajstić information content (AvgIpc) is 2.85. The van der Waals surface area contributed by atoms with Crippen LogP contribution in [0.5, 0.6) is 5.75 Å². The van der Waals surface area contributed by atoms with Gasteiger partial charge < -0.3 is 15.0 Å². The Kier molecular flexibility index (Phi) is 4.44. The summed E-state index contributed by atoms with van der Waals surface area (Å²) >= 11 is 0. The van der Waals surface area contributed by atoms with Crippen LogP contribution in [0.4, 0.5) is 0 Å². The summed E-state index contributed by atoms with van der Waals surface area (Å²) in [5.41, 5.74) is 8.73. The van der Waals surface area contributed by atoms with Crippen molar-refractivity contribution in [3.05, 3.63) is 53.3 Å². The number of hydrogen-bond donors (Lipinski definition) is 1. The van der Waals surface area contributed by atoms with Gasteiger partial charge in [0.25, 0.3) is 0 Å². The third kappa shape index (κ3) is 3.19. The van der Waals surface area contributed by atoms with Gasteiger partial charge in [-0.25, -0.2) is 0 Å². The molecule has 0 bridgehead atoms. The van der Waals surface area contributed by atoms with E-state index in [2.05, 4.69) is 16.7 Å². The van der Waals surface area contributed by atoms with Crippen LogP contribution in [-0.4, -0.2) is 17.7 Å². The Balaban J connectivity index is 2.22. The van der Waals surface area contributed by atoms with Crippen molar-refractivity contribution in [1.82, 2.24) is 4.57 Å². The van der Waals surface area contributed by atoms with E-state index in [-0.39, 0.29) is 6.04 Å². The predicted molar refractivity (Wildman–Crippen MR) is 78.6 cm³/mol. The number of ether oxygens (including phenoxy) is 1. The number of benzene rings is 1. The van der Waals surface area contributed by atoms with Crippen molar-refractivity contribution >= 4 is 0 Å². The second-order valence-corrected chi connectivity index (χ2v) is 4.96. The monoisotopic (exact) mass is 269 g/mol. The van der Waals surface area contributed by atoms with Gasteiger partial charge >= 0.3 is 0 Å². The zero-order valence-electron chi connectivity index (χ0n) is 11.8. The molecule has 2 aromatic rings. The van der Waals surface area contributed by atoms with E-state index in [0.717, 1.165) is 18.5 Å². The second kappa shape index (κ2) is 6.27. The molecule has 1 atom stereocenters. The van der Waals surface area contributed by atoms with Crippen LogP contribution in [0.1, 0.15) is 23.7 Å². The third-order valence-corrected chi connectivity index (χ3v) is 3.19. The molecule has 0 radical (unpaired) electrons. The standard InChI is InChI=1S/C16H19N3O/c1-12(18)8-15-4-3-7-19(15)11-13-5-6-14(10-17)16(9-13)20-2/h3-7,9,12H,8,11,18H2,1-2H3. The maximum atomic E-state index is 8.99. The second-order valence-electron chi connectivity index (χ2n) is 4.96. The number of methoxy groups -OCH3 is 1. The van der Waals surface area contributed by atoms with Crippen LogP contribution < -0.4 is 10.5 Å². The molecule has 1 heterocycles. The van der Waals surface area contributed by atoms with Crippen molar-refractivity contribution in [3.63, 3.8) is 0 Å². The topological polar surface area (TPSA) is 64.0 Å². The molecule has 0 aliphatic carbocycles. The highest BCUT2D eigenvalue weighted by Crippen LogP contribution is 2.20. The number of nitrogens with zero attached hydrogens (tertiary/aromatic N) is 2. The molecule has 0 aliphatic heterocycles. The zero-order valence-corrected chi connectivity index (χ0v) is 11.8. The number of hydrogen-bond acceptors (Lipinski definition) is 3. The molecular weight excluding hydrogens is 250 g/mol. The van der Waals surface area contributed by atoms with E-state index in [4.69, 9.17) is 15.7 Å². The van der Waals surface area contributed by atoms with Gasteiger partial charge in [-0.3, -0.25) is 0 Å². The van der Waals surface area contributed by atoms with Crippen LogP contribution >= 0.6 is 0 Å². The molecule has 4 heteroatoms. The zero-order chi connectivity index (χ0) is 14.5. The van der Waals surface area contributed by atoms with E-state index in [1.54, 1.807) is 13.2 Å². The van der Waals surface area contributed by atoms with Crippen LogP contribution in [-0.2, 0) is 13.0 Å². The van der Waals surface area contributed by atoms with Crippen molar-refractivity contribution in [1.29, 1.82) is 5.26 Å². The molecule has 0 spiro atoms. The highest BCUT2D eigenvalue weighted by Gasteiger charge is 2.07. The quantitative estimate of drug-likeness (QED) is 0.906. The highest BCUT2D eigenvalue weighted by atomic mass is 16.5. The number of nitrogens with two attached hydrogens (primary N) is 1. The lowest BCUT2D eigenvalue weighted by Crippen LogP contribution is -2.20. The summed E-state index contributed by atoms with van der Waals surface area (Å²) in [5, 5.41) is 8.99. The molecule has 1 unspecified atom stereocenters. The van der Waals surface area contributed by atoms with Crippen molar-refractivity contribution in [2.24, 2.45) is 5.73 Å². The fourth-order valence-electron chi connectivity index (χ4n) is 2.24. The fourth-order valence-corrected chi connectivity index (χ4v) is 2.24. The first-order valence-electron chi connectivity index (χ1n) is 6.60. The van der Waals surface area contributed by atoms with Gasteiger partial charge in [0.05, 0.1) is 12.7 Å². The average molecular weight is 269 g/mol. The largest absolute Gasteiger partial charge is 0.495 e. The highest BCUT2D eigenvalue weighted by molar-refractivity contribution is 5.45. The molecule has 2 rings (SSSR count). The summed E-state index contributed by atoms with van der Waals surface area (Å²) in [6, 6.07) is 12.0. The van der Waals surface area contributed by atoms with Gasteiger partial charge in [-0.05, 0) is 36.8 Å². The van der Waals surface area contributed by atoms with Crippen molar-refractivity contribution in [3.8, 4) is 11.8 Å². The third-order valence-electron chi connectivity index (χ3n) is 3.19. The van der Waals surface area contributed by atoms with Crippen LogP contribution in [0, 0.1) is 11.3 Å². The molecule has 0 saturated heterocycles. The minimum absolute atomic E-state index is 0.138. The molecule has 0 fully saturated rings. The van der Waals surface area contributed by atoms with E-state index in [0.29, 0.717) is 11.3 Å². The first kappa shape index (κ1) is 14.2. The molecule has 104 valence electrons. The van der Waals surface area contributed by atoms with E-state index >= 15 is 0 Å². The summed E-state index contributed by atoms with van der Waals surface area (Å²) in [5.74, 6) is 0.617. The minimum Gasteiger partial charge on any atom is -0.495 e. The van der Waals surface area contributed by atoms with Crippen molar-refractivity contribution < 1.29 is 4.74 Å². The lowest BCUT2D eigenvalue weighted by Gasteiger charge is -2.12. The van der Waals surface area contributed by atoms with Crippen molar-refractivity contribution in [2.75, 3.05) is 7.11 Å². The molecule has 4 nitrogen and oxygen atoms in total. The minimum atomic E-state index is 0.138. The van der Waals surface area contributed by atoms with Gasteiger partial charge in [0, 0.05) is 30.9 Å². The lowest BCUT2D eigenvalue weighted by atomic mass is 10.1. The van der Waals surface area contributed by atoms with Crippen LogP contribution in [0.25, 0.3) is 0 Å². The maximum absolute atomic E-state index is 8.99. The summed E-state index contributed by atoms with van der Waals surface area (Å²) in [6.07, 6.45) is 2.89. The molecule has 20 heavy (non-hydrogen) atoms. The smallest absolute Gasteiger partial charge is 0.136 e. The molecular formula is C16H19N3O. The van der Waals surface area contributed by atoms with E-state index in [1.807, 2.05) is 31.3 Å². The van der Waals surface area contributed by atoms with E-state index in [1.165, 1.54) is 5.69 Å². The molecule has 0 saturated carbocycles. The molecule has 2 N–H and O–H groups in total. The Labute approximate surface area is 119 Å². The summed E-state index contributed by atoms with van der Waals surface area (Å²) in [7, 11) is 1.58. The maximum Gasteiger partial charge on any atom is 0.136 e. The normalized spacial score (nSPS) is 11.9. The Bertz CT molecular complexity index is 623. The van der Waals surface area contributed by atoms with Gasteiger partial charge in [-0.2, -0.15) is 5.26 Å². The van der Waals surface area contributed by atoms with Gasteiger partial charge in [0.1, 0.15) is 11.8 Å². The first-order chi connectivity index (χ1) is 9.63. The molecule has 1 aromatic heterocycles. The van der Waals surface area contributed by atoms with Crippen LogP contribution in [0.3, 0.4) is 0 Å². The van der Waals surface area contributed by atoms with Crippen LogP contribution in [0.2, 0.25) is 0 Å². The van der Waals surface area contributed by atoms with E-state index < -0.39 is 0 Å². The van der Waals surface area contributed by atoms with Gasteiger partial charge in [-0.1, -0.05) is 6.07 Å². The molecule has 1 aromatic carbocycles. The summed E-state index contributed by atoms with van der Waals surface area (Å²) in [4.78, 5) is 0. The first-order valence-corrected chi connectivity index (χ1v) is 6.60. The van der Waals surface area contributed by atoms with Crippen LogP contribution in [0.15, 0.2) is 36.5 Å². The SMILES string of the molecule is COc1cc(Cn2cccc2CC(C)N)ccc1C#N. The van der Waals surface area contributed by atoms with Crippen molar-refractivity contribution in [2.45, 2.75) is 25.9 Å². The van der Waals surface area contributed by atoms with E-state index in [9.17, 15) is 0 Å². The molecule has 0 aliphatic rings. The summed E-state index contributed by atoms with van der Waals surface area (Å²) in [6.45, 7) is 2.75. The Hall–Kier alpha value is -2.25. The number of rotatable bonds is 5. The summed E-state index contributed by atoms with van der Waals surface area (Å²) < 4.78 is 7.41. The van der Waals surface area contributed by atoms with Gasteiger partial charge in [-0.15, -0.1) is 0 Å². The fraction of sp³-hybridized carbons (Fsp3) is 0.312. The lowest BCUT2D eigenvalue weighted by molar-refractivity contribution is 0.412. The van der Waals surface area contributed by atoms with Gasteiger partial charge in [0.15, 0.2) is 0 Å². The molecule has 0 amide bonds.